The van der Waals surface area contributed by atoms with E-state index < -0.39 is 0 Å². The first-order valence-corrected chi connectivity index (χ1v) is 6.41. The standard InChI is InChI=1S/C15H13NS/c1-10-7-8-12-13(9-10)17-15(14(12)16)11-5-3-2-4-6-11/h2-9H,16H2,1H3. The summed E-state index contributed by atoms with van der Waals surface area (Å²) < 4.78 is 1.27. The molecule has 0 aliphatic rings. The lowest BCUT2D eigenvalue weighted by Crippen LogP contribution is -1.85. The highest BCUT2D eigenvalue weighted by Crippen LogP contribution is 2.40. The van der Waals surface area contributed by atoms with E-state index in [9.17, 15) is 0 Å². The number of nitrogens with two attached hydrogens (primary N) is 1. The van der Waals surface area contributed by atoms with Crippen LogP contribution >= 0.6 is 11.3 Å². The molecule has 0 aliphatic heterocycles. The molecule has 2 N–H and O–H groups in total. The fourth-order valence-corrected chi connectivity index (χ4v) is 3.25. The minimum Gasteiger partial charge on any atom is -0.397 e. The molecule has 0 amide bonds. The number of thiophene rings is 1. The largest absolute Gasteiger partial charge is 0.397 e. The van der Waals surface area contributed by atoms with Crippen LogP contribution in [0, 0.1) is 6.92 Å². The minimum atomic E-state index is 0.899. The van der Waals surface area contributed by atoms with Gasteiger partial charge in [0.25, 0.3) is 0 Å². The number of fused-ring (bicyclic) bond motifs is 1. The van der Waals surface area contributed by atoms with Gasteiger partial charge >= 0.3 is 0 Å². The molecule has 0 spiro atoms. The summed E-state index contributed by atoms with van der Waals surface area (Å²) in [5, 5.41) is 1.17. The zero-order valence-electron chi connectivity index (χ0n) is 9.60. The number of nitrogen functional groups attached to an aromatic ring is 1. The molecule has 17 heavy (non-hydrogen) atoms. The van der Waals surface area contributed by atoms with E-state index in [0.717, 1.165) is 5.69 Å². The predicted molar refractivity (Wildman–Crippen MR) is 76.4 cm³/mol. The number of benzene rings is 2. The second-order valence-electron chi connectivity index (χ2n) is 4.21. The van der Waals surface area contributed by atoms with Gasteiger partial charge in [-0.2, -0.15) is 0 Å². The van der Waals surface area contributed by atoms with Gasteiger partial charge < -0.3 is 5.73 Å². The predicted octanol–water partition coefficient (Wildman–Crippen LogP) is 4.46. The van der Waals surface area contributed by atoms with Crippen molar-refractivity contribution in [2.24, 2.45) is 0 Å². The van der Waals surface area contributed by atoms with Gasteiger partial charge in [0.1, 0.15) is 0 Å². The van der Waals surface area contributed by atoms with Crippen molar-refractivity contribution >= 4 is 27.1 Å². The fourth-order valence-electron chi connectivity index (χ4n) is 2.03. The van der Waals surface area contributed by atoms with Crippen molar-refractivity contribution in [1.29, 1.82) is 0 Å². The molecule has 3 rings (SSSR count). The maximum absolute atomic E-state index is 6.23. The molecule has 0 saturated carbocycles. The SMILES string of the molecule is Cc1ccc2c(N)c(-c3ccccc3)sc2c1. The maximum atomic E-state index is 6.23. The summed E-state index contributed by atoms with van der Waals surface area (Å²) in [5.74, 6) is 0. The third-order valence-corrected chi connectivity index (χ3v) is 4.14. The Hall–Kier alpha value is -1.80. The Morgan fingerprint density at radius 2 is 1.76 bits per heavy atom. The van der Waals surface area contributed by atoms with E-state index in [2.05, 4.69) is 37.3 Å². The summed E-state index contributed by atoms with van der Waals surface area (Å²) in [5.41, 5.74) is 9.61. The van der Waals surface area contributed by atoms with Gasteiger partial charge in [-0.1, -0.05) is 42.5 Å². The van der Waals surface area contributed by atoms with Crippen LogP contribution in [-0.2, 0) is 0 Å². The molecule has 0 bridgehead atoms. The first-order valence-electron chi connectivity index (χ1n) is 5.60. The van der Waals surface area contributed by atoms with Crippen molar-refractivity contribution < 1.29 is 0 Å². The van der Waals surface area contributed by atoms with Crippen LogP contribution in [0.15, 0.2) is 48.5 Å². The van der Waals surface area contributed by atoms with Gasteiger partial charge in [0.05, 0.1) is 10.6 Å². The summed E-state index contributed by atoms with van der Waals surface area (Å²) in [4.78, 5) is 1.17. The van der Waals surface area contributed by atoms with Crippen molar-refractivity contribution in [3.63, 3.8) is 0 Å². The van der Waals surface area contributed by atoms with E-state index in [0.29, 0.717) is 0 Å². The normalized spacial score (nSPS) is 10.9. The molecule has 0 atom stereocenters. The summed E-state index contributed by atoms with van der Waals surface area (Å²) >= 11 is 1.77. The van der Waals surface area contributed by atoms with Crippen molar-refractivity contribution in [1.82, 2.24) is 0 Å². The Morgan fingerprint density at radius 3 is 2.53 bits per heavy atom. The molecular weight excluding hydrogens is 226 g/mol. The van der Waals surface area contributed by atoms with E-state index in [1.165, 1.54) is 26.1 Å². The summed E-state index contributed by atoms with van der Waals surface area (Å²) in [7, 11) is 0. The average molecular weight is 239 g/mol. The number of hydrogen-bond donors (Lipinski definition) is 1. The van der Waals surface area contributed by atoms with Gasteiger partial charge in [0, 0.05) is 10.1 Å². The molecular formula is C15H13NS. The molecule has 0 radical (unpaired) electrons. The highest BCUT2D eigenvalue weighted by atomic mass is 32.1. The van der Waals surface area contributed by atoms with Crippen molar-refractivity contribution in [3.05, 3.63) is 54.1 Å². The average Bonchev–Trinajstić information content (AvgIpc) is 2.67. The zero-order valence-corrected chi connectivity index (χ0v) is 10.4. The fraction of sp³-hybridized carbons (Fsp3) is 0.0667. The highest BCUT2D eigenvalue weighted by molar-refractivity contribution is 7.23. The minimum absolute atomic E-state index is 0.899. The van der Waals surface area contributed by atoms with E-state index in [4.69, 9.17) is 5.73 Å². The monoisotopic (exact) mass is 239 g/mol. The summed E-state index contributed by atoms with van der Waals surface area (Å²) in [6.07, 6.45) is 0. The molecule has 84 valence electrons. The number of rotatable bonds is 1. The van der Waals surface area contributed by atoms with Gasteiger partial charge in [-0.15, -0.1) is 11.3 Å². The lowest BCUT2D eigenvalue weighted by atomic mass is 10.1. The van der Waals surface area contributed by atoms with E-state index in [1.54, 1.807) is 11.3 Å². The first-order chi connectivity index (χ1) is 8.25. The molecule has 2 heteroatoms. The number of aryl methyl sites for hydroxylation is 1. The smallest absolute Gasteiger partial charge is 0.0585 e. The van der Waals surface area contributed by atoms with Crippen LogP contribution < -0.4 is 5.73 Å². The molecule has 0 fully saturated rings. The maximum Gasteiger partial charge on any atom is 0.0585 e. The van der Waals surface area contributed by atoms with Crippen LogP contribution in [0.1, 0.15) is 5.56 Å². The molecule has 0 saturated heterocycles. The van der Waals surface area contributed by atoms with Crippen LogP contribution in [-0.4, -0.2) is 0 Å². The van der Waals surface area contributed by atoms with Crippen LogP contribution in [0.4, 0.5) is 5.69 Å². The van der Waals surface area contributed by atoms with Crippen molar-refractivity contribution in [3.8, 4) is 10.4 Å². The highest BCUT2D eigenvalue weighted by Gasteiger charge is 2.10. The van der Waals surface area contributed by atoms with Crippen molar-refractivity contribution in [2.75, 3.05) is 5.73 Å². The quantitative estimate of drug-likeness (QED) is 0.666. The molecule has 1 aromatic heterocycles. The Kier molecular flexibility index (Phi) is 2.37. The van der Waals surface area contributed by atoms with Crippen LogP contribution in [0.5, 0.6) is 0 Å². The number of hydrogen-bond acceptors (Lipinski definition) is 2. The second-order valence-corrected chi connectivity index (χ2v) is 5.26. The molecule has 1 heterocycles. The lowest BCUT2D eigenvalue weighted by Gasteiger charge is -1.98. The lowest BCUT2D eigenvalue weighted by molar-refractivity contribution is 1.52. The summed E-state index contributed by atoms with van der Waals surface area (Å²) in [6.45, 7) is 2.11. The van der Waals surface area contributed by atoms with Gasteiger partial charge in [-0.3, -0.25) is 0 Å². The van der Waals surface area contributed by atoms with E-state index >= 15 is 0 Å². The van der Waals surface area contributed by atoms with Crippen molar-refractivity contribution in [2.45, 2.75) is 6.92 Å². The molecule has 0 aliphatic carbocycles. The van der Waals surface area contributed by atoms with Gasteiger partial charge in [0.15, 0.2) is 0 Å². The molecule has 3 aromatic rings. The number of anilines is 1. The Bertz CT molecular complexity index is 668. The van der Waals surface area contributed by atoms with Gasteiger partial charge in [0.2, 0.25) is 0 Å². The summed E-state index contributed by atoms with van der Waals surface area (Å²) in [6, 6.07) is 16.7. The van der Waals surface area contributed by atoms with Crippen LogP contribution in [0.2, 0.25) is 0 Å². The first kappa shape index (κ1) is 10.4. The van der Waals surface area contributed by atoms with E-state index in [-0.39, 0.29) is 0 Å². The molecule has 0 unspecified atom stereocenters. The molecule has 1 nitrogen and oxygen atoms in total. The van der Waals surface area contributed by atoms with Crippen LogP contribution in [0.25, 0.3) is 20.5 Å². The zero-order chi connectivity index (χ0) is 11.8. The van der Waals surface area contributed by atoms with E-state index in [1.807, 2.05) is 18.2 Å². The Morgan fingerprint density at radius 1 is 1.00 bits per heavy atom. The van der Waals surface area contributed by atoms with Crippen LogP contribution in [0.3, 0.4) is 0 Å². The second kappa shape index (κ2) is 3.90. The third kappa shape index (κ3) is 1.71. The topological polar surface area (TPSA) is 26.0 Å². The van der Waals surface area contributed by atoms with Gasteiger partial charge in [-0.25, -0.2) is 0 Å². The third-order valence-electron chi connectivity index (χ3n) is 2.92. The Balaban J connectivity index is 2.28. The van der Waals surface area contributed by atoms with Gasteiger partial charge in [-0.05, 0) is 24.1 Å². The Labute approximate surface area is 105 Å². The molecule has 2 aromatic carbocycles.